The molecular weight excluding hydrogens is 370 g/mol. The lowest BCUT2D eigenvalue weighted by Crippen LogP contribution is -2.13. The number of fused-ring (bicyclic) bond motifs is 1. The summed E-state index contributed by atoms with van der Waals surface area (Å²) in [6, 6.07) is 4.43. The Labute approximate surface area is 182 Å². The second kappa shape index (κ2) is 10.8. The van der Waals surface area contributed by atoms with Gasteiger partial charge in [0.2, 0.25) is 0 Å². The summed E-state index contributed by atoms with van der Waals surface area (Å²) < 4.78 is 2.08. The minimum atomic E-state index is 0.0521. The second-order valence-electron chi connectivity index (χ2n) is 8.92. The van der Waals surface area contributed by atoms with Crippen LogP contribution in [0, 0.1) is 6.92 Å². The maximum Gasteiger partial charge on any atom is 0.252 e. The van der Waals surface area contributed by atoms with Crippen molar-refractivity contribution in [3.8, 4) is 11.4 Å². The Kier molecular flexibility index (Phi) is 8.12. The largest absolute Gasteiger partial charge is 0.348 e. The van der Waals surface area contributed by atoms with Gasteiger partial charge in [-0.25, -0.2) is 4.98 Å². The van der Waals surface area contributed by atoms with E-state index in [2.05, 4.69) is 40.8 Å². The van der Waals surface area contributed by atoms with E-state index in [-0.39, 0.29) is 5.91 Å². The van der Waals surface area contributed by atoms with Crippen LogP contribution in [0.1, 0.15) is 111 Å². The first kappa shape index (κ1) is 22.6. The average Bonchev–Trinajstić information content (AvgIpc) is 3.30. The topological polar surface area (TPSA) is 46.9 Å². The number of benzene rings is 1. The lowest BCUT2D eigenvalue weighted by atomic mass is 9.83. The Morgan fingerprint density at radius 2 is 1.73 bits per heavy atom. The van der Waals surface area contributed by atoms with Crippen molar-refractivity contribution in [2.75, 3.05) is 0 Å². The summed E-state index contributed by atoms with van der Waals surface area (Å²) in [5.41, 5.74) is 5.52. The van der Waals surface area contributed by atoms with Gasteiger partial charge in [0.1, 0.15) is 5.82 Å². The zero-order chi connectivity index (χ0) is 21.5. The van der Waals surface area contributed by atoms with Crippen LogP contribution in [0.15, 0.2) is 18.3 Å². The molecule has 1 aromatic heterocycles. The predicted octanol–water partition coefficient (Wildman–Crippen LogP) is 6.66. The van der Waals surface area contributed by atoms with Crippen molar-refractivity contribution >= 4 is 5.91 Å². The highest BCUT2D eigenvalue weighted by molar-refractivity contribution is 6.04. The predicted molar refractivity (Wildman–Crippen MR) is 125 cm³/mol. The molecular formula is C26H39N3O. The third-order valence-electron chi connectivity index (χ3n) is 6.72. The highest BCUT2D eigenvalue weighted by Gasteiger charge is 2.29. The van der Waals surface area contributed by atoms with Crippen molar-refractivity contribution in [3.63, 3.8) is 0 Å². The minimum Gasteiger partial charge on any atom is -0.348 e. The molecule has 2 heterocycles. The number of nitrogens with zero attached hydrogens (tertiary/aromatic N) is 2. The van der Waals surface area contributed by atoms with Crippen LogP contribution >= 0.6 is 0 Å². The normalized spacial score (nSPS) is 14.1. The number of carbonyl (C=O) groups excluding carboxylic acids is 1. The molecule has 0 bridgehead atoms. The fourth-order valence-electron chi connectivity index (χ4n) is 4.76. The lowest BCUT2D eigenvalue weighted by molar-refractivity contribution is 0.0966. The minimum absolute atomic E-state index is 0.0521. The fraction of sp³-hybridized carbons (Fsp3) is 0.615. The van der Waals surface area contributed by atoms with Crippen LogP contribution in [-0.4, -0.2) is 15.5 Å². The maximum atomic E-state index is 12.8. The number of amides is 1. The Morgan fingerprint density at radius 1 is 1.03 bits per heavy atom. The molecule has 2 aromatic rings. The van der Waals surface area contributed by atoms with Gasteiger partial charge >= 0.3 is 0 Å². The molecule has 0 fully saturated rings. The number of hydrogen-bond donors (Lipinski definition) is 1. The van der Waals surface area contributed by atoms with E-state index < -0.39 is 0 Å². The molecule has 0 spiro atoms. The Balaban J connectivity index is 1.85. The number of unbranched alkanes of at least 4 members (excludes halogenated alkanes) is 6. The summed E-state index contributed by atoms with van der Waals surface area (Å²) >= 11 is 0. The van der Waals surface area contributed by atoms with E-state index in [1.807, 2.05) is 20.2 Å². The molecule has 0 saturated carbocycles. The van der Waals surface area contributed by atoms with Crippen molar-refractivity contribution in [2.24, 2.45) is 7.05 Å². The highest BCUT2D eigenvalue weighted by atomic mass is 16.1. The summed E-state index contributed by atoms with van der Waals surface area (Å²) in [5.74, 6) is 1.49. The Hall–Kier alpha value is -2.10. The molecule has 1 aliphatic rings. The lowest BCUT2D eigenvalue weighted by Gasteiger charge is -2.21. The zero-order valence-corrected chi connectivity index (χ0v) is 19.4. The van der Waals surface area contributed by atoms with Gasteiger partial charge in [0.15, 0.2) is 0 Å². The first-order valence-corrected chi connectivity index (χ1v) is 12.0. The van der Waals surface area contributed by atoms with Gasteiger partial charge in [-0.15, -0.1) is 0 Å². The van der Waals surface area contributed by atoms with E-state index in [4.69, 9.17) is 0 Å². The van der Waals surface area contributed by atoms with Crippen LogP contribution < -0.4 is 5.32 Å². The zero-order valence-electron chi connectivity index (χ0n) is 19.4. The summed E-state index contributed by atoms with van der Waals surface area (Å²) in [6.07, 6.45) is 14.8. The molecule has 30 heavy (non-hydrogen) atoms. The molecule has 164 valence electrons. The van der Waals surface area contributed by atoms with Gasteiger partial charge in [0, 0.05) is 31.0 Å². The Morgan fingerprint density at radius 3 is 2.43 bits per heavy atom. The van der Waals surface area contributed by atoms with Crippen LogP contribution in [0.5, 0.6) is 0 Å². The molecule has 1 amide bonds. The molecule has 1 N–H and O–H groups in total. The summed E-state index contributed by atoms with van der Waals surface area (Å²) in [6.45, 7) is 7.24. The molecule has 0 saturated heterocycles. The van der Waals surface area contributed by atoms with Gasteiger partial charge in [-0.05, 0) is 36.8 Å². The van der Waals surface area contributed by atoms with Gasteiger partial charge in [-0.2, -0.15) is 0 Å². The van der Waals surface area contributed by atoms with Crippen molar-refractivity contribution in [2.45, 2.75) is 97.4 Å². The number of aromatic nitrogens is 2. The molecule has 4 nitrogen and oxygen atoms in total. The van der Waals surface area contributed by atoms with Crippen LogP contribution in [0.25, 0.3) is 11.4 Å². The van der Waals surface area contributed by atoms with Gasteiger partial charge < -0.3 is 9.88 Å². The summed E-state index contributed by atoms with van der Waals surface area (Å²) in [7, 11) is 2.02. The van der Waals surface area contributed by atoms with Gasteiger partial charge in [-0.3, -0.25) is 4.79 Å². The molecule has 1 aromatic carbocycles. The van der Waals surface area contributed by atoms with Crippen LogP contribution in [0.2, 0.25) is 0 Å². The van der Waals surface area contributed by atoms with E-state index >= 15 is 0 Å². The molecule has 0 radical (unpaired) electrons. The highest BCUT2D eigenvalue weighted by Crippen LogP contribution is 2.37. The van der Waals surface area contributed by atoms with Crippen molar-refractivity contribution in [1.29, 1.82) is 0 Å². The van der Waals surface area contributed by atoms with Gasteiger partial charge in [0.25, 0.3) is 5.91 Å². The molecule has 1 unspecified atom stereocenters. The van der Waals surface area contributed by atoms with Gasteiger partial charge in [-0.1, -0.05) is 77.3 Å². The third kappa shape index (κ3) is 4.96. The number of aryl methyl sites for hydroxylation is 1. The van der Waals surface area contributed by atoms with E-state index in [9.17, 15) is 4.79 Å². The Bertz CT molecular complexity index is 852. The SMILES string of the molecule is CCCCCCCCC(CCCC)c1ccc(-c2ncc(C)n2C)c2c1CNC2=O. The molecule has 4 heteroatoms. The third-order valence-corrected chi connectivity index (χ3v) is 6.72. The first-order chi connectivity index (χ1) is 14.6. The molecule has 0 aliphatic carbocycles. The standard InChI is InChI=1S/C26H39N3O/c1-5-7-9-10-11-12-14-20(13-8-6-2)21-15-16-22(24-23(21)18-28-26(24)30)25-27-17-19(3)29(25)4/h15-17,20H,5-14,18H2,1-4H3,(H,28,30). The number of rotatable bonds is 12. The van der Waals surface area contributed by atoms with E-state index in [1.165, 1.54) is 75.3 Å². The van der Waals surface area contributed by atoms with Crippen LogP contribution in [0.3, 0.4) is 0 Å². The van der Waals surface area contributed by atoms with E-state index in [1.54, 1.807) is 0 Å². The number of nitrogens with one attached hydrogen (secondary N) is 1. The van der Waals surface area contributed by atoms with Crippen molar-refractivity contribution in [3.05, 3.63) is 40.7 Å². The van der Waals surface area contributed by atoms with E-state index in [0.29, 0.717) is 12.5 Å². The second-order valence-corrected chi connectivity index (χ2v) is 8.92. The monoisotopic (exact) mass is 409 g/mol. The summed E-state index contributed by atoms with van der Waals surface area (Å²) in [4.78, 5) is 17.4. The van der Waals surface area contributed by atoms with Crippen LogP contribution in [-0.2, 0) is 13.6 Å². The maximum absolute atomic E-state index is 12.8. The quantitative estimate of drug-likeness (QED) is 0.398. The number of imidazole rings is 1. The van der Waals surface area contributed by atoms with Gasteiger partial charge in [0.05, 0.1) is 5.56 Å². The molecule has 3 rings (SSSR count). The van der Waals surface area contributed by atoms with Crippen molar-refractivity contribution < 1.29 is 4.79 Å². The summed E-state index contributed by atoms with van der Waals surface area (Å²) in [5, 5.41) is 3.09. The smallest absolute Gasteiger partial charge is 0.252 e. The average molecular weight is 410 g/mol. The molecule has 1 aliphatic heterocycles. The molecule has 1 atom stereocenters. The fourth-order valence-corrected chi connectivity index (χ4v) is 4.76. The first-order valence-electron chi connectivity index (χ1n) is 12.0. The number of carbonyl (C=O) groups is 1. The van der Waals surface area contributed by atoms with E-state index in [0.717, 1.165) is 22.6 Å². The van der Waals surface area contributed by atoms with Crippen LogP contribution in [0.4, 0.5) is 0 Å². The van der Waals surface area contributed by atoms with Crippen molar-refractivity contribution in [1.82, 2.24) is 14.9 Å². The number of hydrogen-bond acceptors (Lipinski definition) is 2.